The minimum absolute atomic E-state index is 0.176. The molecule has 4 heteroatoms. The van der Waals surface area contributed by atoms with Crippen LogP contribution in [0.15, 0.2) is 29.2 Å². The van der Waals surface area contributed by atoms with E-state index in [0.717, 1.165) is 11.4 Å². The predicted octanol–water partition coefficient (Wildman–Crippen LogP) is 3.14. The topological polar surface area (TPSA) is 32.3 Å². The van der Waals surface area contributed by atoms with E-state index in [1.54, 1.807) is 16.7 Å². The Labute approximate surface area is 127 Å². The molecule has 0 aromatic heterocycles. The van der Waals surface area contributed by atoms with E-state index in [4.69, 9.17) is 0 Å². The van der Waals surface area contributed by atoms with Crippen molar-refractivity contribution in [2.75, 3.05) is 12.8 Å². The monoisotopic (exact) mass is 294 g/mol. The Kier molecular flexibility index (Phi) is 7.10. The summed E-state index contributed by atoms with van der Waals surface area (Å²) < 4.78 is 0. The van der Waals surface area contributed by atoms with Gasteiger partial charge in [0.2, 0.25) is 5.91 Å². The third kappa shape index (κ3) is 5.97. The second kappa shape index (κ2) is 8.32. The summed E-state index contributed by atoms with van der Waals surface area (Å²) >= 11 is 1.60. The van der Waals surface area contributed by atoms with Crippen molar-refractivity contribution in [3.8, 4) is 0 Å². The largest absolute Gasteiger partial charge is 0.343 e. The molecule has 0 radical (unpaired) electrons. The van der Waals surface area contributed by atoms with Crippen molar-refractivity contribution in [2.45, 2.75) is 51.2 Å². The Morgan fingerprint density at radius 1 is 1.20 bits per heavy atom. The number of nitrogens with zero attached hydrogens (tertiary/aromatic N) is 1. The van der Waals surface area contributed by atoms with Crippen molar-refractivity contribution in [3.63, 3.8) is 0 Å². The van der Waals surface area contributed by atoms with Gasteiger partial charge in [-0.25, -0.2) is 0 Å². The maximum atomic E-state index is 11.9. The lowest BCUT2D eigenvalue weighted by Crippen LogP contribution is -2.34. The zero-order chi connectivity index (χ0) is 15.1. The minimum Gasteiger partial charge on any atom is -0.343 e. The molecule has 1 amide bonds. The van der Waals surface area contributed by atoms with Gasteiger partial charge in [0.25, 0.3) is 0 Å². The Morgan fingerprint density at radius 2 is 1.80 bits per heavy atom. The number of hydrogen-bond donors (Lipinski definition) is 1. The Balaban J connectivity index is 2.44. The summed E-state index contributed by atoms with van der Waals surface area (Å²) in [6, 6.07) is 9.17. The second-order valence-electron chi connectivity index (χ2n) is 5.57. The maximum Gasteiger partial charge on any atom is 0.232 e. The first-order chi connectivity index (χ1) is 9.40. The van der Waals surface area contributed by atoms with Gasteiger partial charge in [0.05, 0.1) is 5.75 Å². The van der Waals surface area contributed by atoms with Crippen LogP contribution in [-0.4, -0.2) is 35.7 Å². The van der Waals surface area contributed by atoms with Gasteiger partial charge in [-0.05, 0) is 31.5 Å². The molecule has 0 aliphatic carbocycles. The molecule has 0 heterocycles. The van der Waals surface area contributed by atoms with Gasteiger partial charge in [-0.15, -0.1) is 11.8 Å². The van der Waals surface area contributed by atoms with E-state index in [9.17, 15) is 4.79 Å². The average molecular weight is 294 g/mol. The van der Waals surface area contributed by atoms with E-state index in [1.807, 2.05) is 20.9 Å². The van der Waals surface area contributed by atoms with E-state index < -0.39 is 0 Å². The Morgan fingerprint density at radius 3 is 2.30 bits per heavy atom. The zero-order valence-electron chi connectivity index (χ0n) is 13.1. The molecule has 0 unspecified atom stereocenters. The minimum atomic E-state index is 0.176. The molecule has 1 aromatic carbocycles. The first-order valence-electron chi connectivity index (χ1n) is 7.11. The van der Waals surface area contributed by atoms with Crippen molar-refractivity contribution in [2.24, 2.45) is 0 Å². The number of rotatable bonds is 7. The molecule has 1 N–H and O–H groups in total. The molecule has 1 aromatic rings. The Hall–Kier alpha value is -1.00. The summed E-state index contributed by atoms with van der Waals surface area (Å²) in [4.78, 5) is 14.8. The normalized spacial score (nSPS) is 11.2. The molecule has 0 fully saturated rings. The molecular formula is C16H26N2OS. The van der Waals surface area contributed by atoms with Gasteiger partial charge in [0, 0.05) is 30.6 Å². The molecule has 0 saturated carbocycles. The molecule has 0 spiro atoms. The number of hydrogen-bond acceptors (Lipinski definition) is 3. The number of benzene rings is 1. The number of carbonyl (C=O) groups excluding carboxylic acids is 1. The predicted molar refractivity (Wildman–Crippen MR) is 87.0 cm³/mol. The fourth-order valence-corrected chi connectivity index (χ4v) is 2.38. The standard InChI is InChI=1S/C16H26N2OS/c1-12(2)17-10-14-6-8-15(9-7-14)20-11-16(19)18(5)13(3)4/h6-9,12-13,17H,10-11H2,1-5H3. The smallest absolute Gasteiger partial charge is 0.232 e. The van der Waals surface area contributed by atoms with E-state index in [1.165, 1.54) is 5.56 Å². The van der Waals surface area contributed by atoms with Gasteiger partial charge in [-0.3, -0.25) is 4.79 Å². The van der Waals surface area contributed by atoms with Gasteiger partial charge in [-0.2, -0.15) is 0 Å². The number of nitrogens with one attached hydrogen (secondary N) is 1. The number of carbonyl (C=O) groups is 1. The van der Waals surface area contributed by atoms with Crippen LogP contribution in [0.2, 0.25) is 0 Å². The lowest BCUT2D eigenvalue weighted by atomic mass is 10.2. The van der Waals surface area contributed by atoms with Crippen molar-refractivity contribution in [1.29, 1.82) is 0 Å². The van der Waals surface area contributed by atoms with Crippen LogP contribution < -0.4 is 5.32 Å². The highest BCUT2D eigenvalue weighted by atomic mass is 32.2. The molecular weight excluding hydrogens is 268 g/mol. The van der Waals surface area contributed by atoms with Crippen LogP contribution in [0.5, 0.6) is 0 Å². The van der Waals surface area contributed by atoms with Crippen LogP contribution in [0.3, 0.4) is 0 Å². The zero-order valence-corrected chi connectivity index (χ0v) is 14.0. The highest BCUT2D eigenvalue weighted by molar-refractivity contribution is 8.00. The SMILES string of the molecule is CC(C)NCc1ccc(SCC(=O)N(C)C(C)C)cc1. The van der Waals surface area contributed by atoms with Crippen LogP contribution in [0.4, 0.5) is 0 Å². The van der Waals surface area contributed by atoms with Crippen molar-refractivity contribution < 1.29 is 4.79 Å². The van der Waals surface area contributed by atoms with E-state index in [2.05, 4.69) is 43.4 Å². The van der Waals surface area contributed by atoms with Crippen LogP contribution in [-0.2, 0) is 11.3 Å². The molecule has 0 atom stereocenters. The van der Waals surface area contributed by atoms with Crippen LogP contribution in [0.1, 0.15) is 33.3 Å². The third-order valence-electron chi connectivity index (χ3n) is 3.17. The first-order valence-corrected chi connectivity index (χ1v) is 8.09. The molecule has 0 saturated heterocycles. The summed E-state index contributed by atoms with van der Waals surface area (Å²) in [6.07, 6.45) is 0. The molecule has 0 bridgehead atoms. The van der Waals surface area contributed by atoms with Crippen molar-refractivity contribution in [3.05, 3.63) is 29.8 Å². The average Bonchev–Trinajstić information content (AvgIpc) is 2.42. The maximum absolute atomic E-state index is 11.9. The highest BCUT2D eigenvalue weighted by Crippen LogP contribution is 2.19. The summed E-state index contributed by atoms with van der Waals surface area (Å²) in [5.41, 5.74) is 1.27. The van der Waals surface area contributed by atoms with Gasteiger partial charge in [-0.1, -0.05) is 26.0 Å². The summed E-state index contributed by atoms with van der Waals surface area (Å²) in [7, 11) is 1.86. The van der Waals surface area contributed by atoms with Gasteiger partial charge >= 0.3 is 0 Å². The van der Waals surface area contributed by atoms with Crippen molar-refractivity contribution >= 4 is 17.7 Å². The summed E-state index contributed by atoms with van der Waals surface area (Å²) in [6.45, 7) is 9.22. The van der Waals surface area contributed by atoms with Crippen LogP contribution >= 0.6 is 11.8 Å². The lowest BCUT2D eigenvalue weighted by molar-refractivity contribution is -0.128. The molecule has 3 nitrogen and oxygen atoms in total. The summed E-state index contributed by atoms with van der Waals surface area (Å²) in [5, 5.41) is 3.39. The van der Waals surface area contributed by atoms with Gasteiger partial charge in [0.15, 0.2) is 0 Å². The van der Waals surface area contributed by atoms with E-state index >= 15 is 0 Å². The molecule has 0 aliphatic rings. The second-order valence-corrected chi connectivity index (χ2v) is 6.62. The van der Waals surface area contributed by atoms with Gasteiger partial charge in [0.1, 0.15) is 0 Å². The van der Waals surface area contributed by atoms with E-state index in [-0.39, 0.29) is 11.9 Å². The third-order valence-corrected chi connectivity index (χ3v) is 4.16. The summed E-state index contributed by atoms with van der Waals surface area (Å²) in [5.74, 6) is 0.675. The fraction of sp³-hybridized carbons (Fsp3) is 0.562. The highest BCUT2D eigenvalue weighted by Gasteiger charge is 2.11. The van der Waals surface area contributed by atoms with Crippen molar-refractivity contribution in [1.82, 2.24) is 10.2 Å². The molecule has 1 rings (SSSR count). The molecule has 20 heavy (non-hydrogen) atoms. The van der Waals surface area contributed by atoms with Crippen LogP contribution in [0, 0.1) is 0 Å². The van der Waals surface area contributed by atoms with E-state index in [0.29, 0.717) is 11.8 Å². The fourth-order valence-electron chi connectivity index (χ4n) is 1.56. The number of amides is 1. The van der Waals surface area contributed by atoms with Crippen LogP contribution in [0.25, 0.3) is 0 Å². The number of thioether (sulfide) groups is 1. The lowest BCUT2D eigenvalue weighted by Gasteiger charge is -2.21. The Bertz CT molecular complexity index is 415. The first kappa shape index (κ1) is 17.1. The molecule has 0 aliphatic heterocycles. The quantitative estimate of drug-likeness (QED) is 0.784. The van der Waals surface area contributed by atoms with Gasteiger partial charge < -0.3 is 10.2 Å². The molecule has 112 valence electrons.